The zero-order chi connectivity index (χ0) is 12.1. The maximum Gasteiger partial charge on any atom is 0.0410 e. The minimum absolute atomic E-state index is 0.674. The van der Waals surface area contributed by atoms with Crippen LogP contribution < -0.4 is 5.32 Å². The van der Waals surface area contributed by atoms with Crippen LogP contribution in [-0.2, 0) is 6.54 Å². The van der Waals surface area contributed by atoms with Crippen molar-refractivity contribution in [3.05, 3.63) is 28.5 Å². The molecule has 1 fully saturated rings. The summed E-state index contributed by atoms with van der Waals surface area (Å²) < 4.78 is 1.07. The third kappa shape index (κ3) is 3.76. The van der Waals surface area contributed by atoms with Gasteiger partial charge in [-0.05, 0) is 54.0 Å². The molecule has 1 saturated heterocycles. The molecule has 0 radical (unpaired) electrons. The predicted octanol–water partition coefficient (Wildman–Crippen LogP) is 2.42. The molecule has 0 spiro atoms. The van der Waals surface area contributed by atoms with E-state index in [4.69, 9.17) is 0 Å². The van der Waals surface area contributed by atoms with Crippen molar-refractivity contribution in [1.82, 2.24) is 15.2 Å². The van der Waals surface area contributed by atoms with E-state index in [0.29, 0.717) is 6.04 Å². The van der Waals surface area contributed by atoms with Gasteiger partial charge in [0.2, 0.25) is 0 Å². The second-order valence-corrected chi connectivity index (χ2v) is 5.60. The molecule has 1 aromatic rings. The Morgan fingerprint density at radius 2 is 2.35 bits per heavy atom. The number of aromatic nitrogens is 1. The molecule has 2 rings (SSSR count). The van der Waals surface area contributed by atoms with Crippen molar-refractivity contribution in [3.8, 4) is 0 Å². The van der Waals surface area contributed by atoms with Crippen LogP contribution in [0.15, 0.2) is 22.9 Å². The average molecular weight is 298 g/mol. The lowest BCUT2D eigenvalue weighted by molar-refractivity contribution is 0.139. The largest absolute Gasteiger partial charge is 0.318 e. The molecule has 3 nitrogen and oxygen atoms in total. The summed E-state index contributed by atoms with van der Waals surface area (Å²) in [5.41, 5.74) is 1.29. The predicted molar refractivity (Wildman–Crippen MR) is 73.9 cm³/mol. The number of rotatable bonds is 4. The molecular weight excluding hydrogens is 278 g/mol. The second kappa shape index (κ2) is 6.47. The molecule has 0 aromatic carbocycles. The van der Waals surface area contributed by atoms with E-state index in [1.54, 1.807) is 0 Å². The molecule has 94 valence electrons. The van der Waals surface area contributed by atoms with Crippen molar-refractivity contribution in [3.63, 3.8) is 0 Å². The summed E-state index contributed by atoms with van der Waals surface area (Å²) >= 11 is 3.48. The minimum atomic E-state index is 0.674. The molecule has 1 atom stereocenters. The molecule has 0 bridgehead atoms. The molecule has 1 aliphatic rings. The molecule has 1 N–H and O–H groups in total. The van der Waals surface area contributed by atoms with E-state index < -0.39 is 0 Å². The van der Waals surface area contributed by atoms with E-state index in [-0.39, 0.29) is 0 Å². The third-order valence-electron chi connectivity index (χ3n) is 3.34. The standard InChI is InChI=1S/C13H20BrN3/c1-15-9-13-4-2-3-5-17(13)10-11-6-12(14)8-16-7-11/h6-8,13,15H,2-5,9-10H2,1H3. The van der Waals surface area contributed by atoms with Gasteiger partial charge in [-0.25, -0.2) is 0 Å². The first-order valence-corrected chi connectivity index (χ1v) is 7.07. The maximum atomic E-state index is 4.23. The quantitative estimate of drug-likeness (QED) is 0.925. The van der Waals surface area contributed by atoms with E-state index in [2.05, 4.69) is 37.2 Å². The SMILES string of the molecule is CNCC1CCCCN1Cc1cncc(Br)c1. The average Bonchev–Trinajstić information content (AvgIpc) is 2.32. The van der Waals surface area contributed by atoms with Crippen molar-refractivity contribution in [1.29, 1.82) is 0 Å². The highest BCUT2D eigenvalue weighted by molar-refractivity contribution is 9.10. The van der Waals surface area contributed by atoms with E-state index in [1.165, 1.54) is 31.4 Å². The number of nitrogens with one attached hydrogen (secondary N) is 1. The Kier molecular flexibility index (Phi) is 4.95. The highest BCUT2D eigenvalue weighted by atomic mass is 79.9. The Morgan fingerprint density at radius 1 is 1.47 bits per heavy atom. The Labute approximate surface area is 112 Å². The first-order valence-electron chi connectivity index (χ1n) is 6.27. The van der Waals surface area contributed by atoms with Gasteiger partial charge in [0.05, 0.1) is 0 Å². The number of hydrogen-bond donors (Lipinski definition) is 1. The van der Waals surface area contributed by atoms with Crippen LogP contribution in [0, 0.1) is 0 Å². The van der Waals surface area contributed by atoms with Crippen LogP contribution in [0.2, 0.25) is 0 Å². The summed E-state index contributed by atoms with van der Waals surface area (Å²) in [7, 11) is 2.04. The topological polar surface area (TPSA) is 28.2 Å². The van der Waals surface area contributed by atoms with Crippen molar-refractivity contribution in [2.75, 3.05) is 20.1 Å². The molecule has 4 heteroatoms. The maximum absolute atomic E-state index is 4.23. The van der Waals surface area contributed by atoms with Crippen LogP contribution in [0.1, 0.15) is 24.8 Å². The van der Waals surface area contributed by atoms with Crippen LogP contribution in [0.5, 0.6) is 0 Å². The van der Waals surface area contributed by atoms with E-state index in [0.717, 1.165) is 17.6 Å². The summed E-state index contributed by atoms with van der Waals surface area (Å²) in [5, 5.41) is 3.30. The normalized spacial score (nSPS) is 21.6. The van der Waals surface area contributed by atoms with Crippen molar-refractivity contribution in [2.24, 2.45) is 0 Å². The highest BCUT2D eigenvalue weighted by Gasteiger charge is 2.21. The molecule has 1 aromatic heterocycles. The summed E-state index contributed by atoms with van der Waals surface area (Å²) in [4.78, 5) is 6.80. The van der Waals surface area contributed by atoms with Gasteiger partial charge in [0.1, 0.15) is 0 Å². The first kappa shape index (κ1) is 13.0. The van der Waals surface area contributed by atoms with Crippen LogP contribution in [0.3, 0.4) is 0 Å². The van der Waals surface area contributed by atoms with Crippen LogP contribution in [-0.4, -0.2) is 36.1 Å². The fourth-order valence-electron chi connectivity index (χ4n) is 2.51. The van der Waals surface area contributed by atoms with Crippen molar-refractivity contribution >= 4 is 15.9 Å². The number of piperidine rings is 1. The Balaban J connectivity index is 2.00. The Hall–Kier alpha value is -0.450. The molecule has 0 amide bonds. The van der Waals surface area contributed by atoms with Crippen molar-refractivity contribution in [2.45, 2.75) is 31.8 Å². The minimum Gasteiger partial charge on any atom is -0.318 e. The molecule has 17 heavy (non-hydrogen) atoms. The Bertz CT molecular complexity index is 354. The molecule has 2 heterocycles. The van der Waals surface area contributed by atoms with Gasteiger partial charge >= 0.3 is 0 Å². The van der Waals surface area contributed by atoms with Gasteiger partial charge in [-0.3, -0.25) is 9.88 Å². The number of halogens is 1. The van der Waals surface area contributed by atoms with Crippen LogP contribution >= 0.6 is 15.9 Å². The zero-order valence-corrected chi connectivity index (χ0v) is 11.9. The van der Waals surface area contributed by atoms with E-state index in [9.17, 15) is 0 Å². The van der Waals surface area contributed by atoms with Gasteiger partial charge in [0.15, 0.2) is 0 Å². The molecule has 0 aliphatic carbocycles. The fraction of sp³-hybridized carbons (Fsp3) is 0.615. The first-order chi connectivity index (χ1) is 8.29. The molecule has 1 unspecified atom stereocenters. The summed E-state index contributed by atoms with van der Waals surface area (Å²) in [6.07, 6.45) is 7.80. The number of pyridine rings is 1. The van der Waals surface area contributed by atoms with Crippen molar-refractivity contribution < 1.29 is 0 Å². The lowest BCUT2D eigenvalue weighted by atomic mass is 10.0. The summed E-state index contributed by atoms with van der Waals surface area (Å²) in [6.45, 7) is 3.30. The van der Waals surface area contributed by atoms with Crippen LogP contribution in [0.4, 0.5) is 0 Å². The van der Waals surface area contributed by atoms with Gasteiger partial charge in [-0.15, -0.1) is 0 Å². The molecule has 1 aliphatic heterocycles. The number of likely N-dealkylation sites (N-methyl/N-ethyl adjacent to an activating group) is 1. The fourth-order valence-corrected chi connectivity index (χ4v) is 2.92. The number of likely N-dealkylation sites (tertiary alicyclic amines) is 1. The van der Waals surface area contributed by atoms with Gasteiger partial charge in [-0.2, -0.15) is 0 Å². The molecular formula is C13H20BrN3. The highest BCUT2D eigenvalue weighted by Crippen LogP contribution is 2.20. The zero-order valence-electron chi connectivity index (χ0n) is 10.3. The van der Waals surface area contributed by atoms with E-state index >= 15 is 0 Å². The van der Waals surface area contributed by atoms with Gasteiger partial charge in [-0.1, -0.05) is 6.42 Å². The van der Waals surface area contributed by atoms with E-state index in [1.807, 2.05) is 19.4 Å². The molecule has 0 saturated carbocycles. The lowest BCUT2D eigenvalue weighted by Gasteiger charge is -2.35. The van der Waals surface area contributed by atoms with Gasteiger partial charge in [0, 0.05) is 36.0 Å². The second-order valence-electron chi connectivity index (χ2n) is 4.69. The third-order valence-corrected chi connectivity index (χ3v) is 3.77. The lowest BCUT2D eigenvalue weighted by Crippen LogP contribution is -2.44. The smallest absolute Gasteiger partial charge is 0.0410 e. The van der Waals surface area contributed by atoms with Crippen LogP contribution in [0.25, 0.3) is 0 Å². The number of nitrogens with zero attached hydrogens (tertiary/aromatic N) is 2. The monoisotopic (exact) mass is 297 g/mol. The number of hydrogen-bond acceptors (Lipinski definition) is 3. The van der Waals surface area contributed by atoms with Gasteiger partial charge < -0.3 is 5.32 Å². The Morgan fingerprint density at radius 3 is 3.12 bits per heavy atom. The summed E-state index contributed by atoms with van der Waals surface area (Å²) in [5.74, 6) is 0. The summed E-state index contributed by atoms with van der Waals surface area (Å²) in [6, 6.07) is 2.84. The van der Waals surface area contributed by atoms with Gasteiger partial charge in [0.25, 0.3) is 0 Å².